The van der Waals surface area contributed by atoms with Crippen molar-refractivity contribution in [2.45, 2.75) is 26.7 Å². The summed E-state index contributed by atoms with van der Waals surface area (Å²) < 4.78 is 18.5. The molecule has 2 aromatic rings. The molecule has 0 aliphatic carbocycles. The largest absolute Gasteiger partial charge is 0.493 e. The maximum Gasteiger partial charge on any atom is 0.163 e. The summed E-state index contributed by atoms with van der Waals surface area (Å²) in [7, 11) is 0. The van der Waals surface area contributed by atoms with Crippen LogP contribution in [-0.4, -0.2) is 12.4 Å². The summed E-state index contributed by atoms with van der Waals surface area (Å²) in [6, 6.07) is 11.7. The van der Waals surface area contributed by atoms with Crippen molar-refractivity contribution in [2.75, 3.05) is 6.61 Å². The number of ether oxygens (including phenoxy) is 1. The van der Waals surface area contributed by atoms with Gasteiger partial charge in [0.1, 0.15) is 11.6 Å². The molecule has 0 bridgehead atoms. The van der Waals surface area contributed by atoms with E-state index in [1.165, 1.54) is 24.3 Å². The molecule has 110 valence electrons. The molecule has 0 aliphatic heterocycles. The highest BCUT2D eigenvalue weighted by Crippen LogP contribution is 2.19. The first kappa shape index (κ1) is 15.2. The number of hydrogen-bond donors (Lipinski definition) is 0. The molecule has 2 rings (SSSR count). The van der Waals surface area contributed by atoms with Crippen LogP contribution in [0.4, 0.5) is 4.39 Å². The highest BCUT2D eigenvalue weighted by Gasteiger charge is 2.06. The highest BCUT2D eigenvalue weighted by molar-refractivity contribution is 5.95. The molecule has 2 aromatic carbocycles. The number of carbonyl (C=O) groups is 1. The zero-order valence-electron chi connectivity index (χ0n) is 12.4. The maximum absolute atomic E-state index is 12.8. The van der Waals surface area contributed by atoms with Crippen LogP contribution in [0.2, 0.25) is 0 Å². The predicted octanol–water partition coefficient (Wildman–Crippen LogP) is 4.48. The first-order valence-electron chi connectivity index (χ1n) is 7.05. The van der Waals surface area contributed by atoms with Crippen LogP contribution in [-0.2, 0) is 0 Å². The number of rotatable bonds is 6. The molecule has 0 heterocycles. The molecule has 0 radical (unpaired) electrons. The van der Waals surface area contributed by atoms with Gasteiger partial charge in [-0.15, -0.1) is 0 Å². The zero-order valence-corrected chi connectivity index (χ0v) is 12.4. The van der Waals surface area contributed by atoms with E-state index in [9.17, 15) is 9.18 Å². The molecule has 0 atom stereocenters. The van der Waals surface area contributed by atoms with Gasteiger partial charge in [0, 0.05) is 12.0 Å². The molecule has 21 heavy (non-hydrogen) atoms. The van der Waals surface area contributed by atoms with Crippen LogP contribution in [0.25, 0.3) is 0 Å². The van der Waals surface area contributed by atoms with E-state index >= 15 is 0 Å². The molecule has 0 N–H and O–H groups in total. The molecule has 0 unspecified atom stereocenters. The van der Waals surface area contributed by atoms with E-state index in [1.54, 1.807) is 0 Å². The number of carbonyl (C=O) groups excluding carboxylic acids is 1. The Morgan fingerprint density at radius 1 is 1.10 bits per heavy atom. The van der Waals surface area contributed by atoms with Gasteiger partial charge >= 0.3 is 0 Å². The summed E-state index contributed by atoms with van der Waals surface area (Å²) in [5.74, 6) is 0.550. The van der Waals surface area contributed by atoms with Crippen molar-refractivity contribution in [2.24, 2.45) is 0 Å². The normalized spacial score (nSPS) is 10.4. The lowest BCUT2D eigenvalue weighted by Crippen LogP contribution is -2.04. The zero-order chi connectivity index (χ0) is 15.2. The van der Waals surface area contributed by atoms with Gasteiger partial charge in [-0.05, 0) is 61.7 Å². The standard InChI is InChI=1S/C18H19FO2/c1-13-5-6-14(2)18(12-13)21-11-3-4-17(20)15-7-9-16(19)10-8-15/h5-10,12H,3-4,11H2,1-2H3. The van der Waals surface area contributed by atoms with Crippen molar-refractivity contribution in [1.82, 2.24) is 0 Å². The Hall–Kier alpha value is -2.16. The number of Topliss-reactive ketones (excluding diaryl/α,β-unsaturated/α-hetero) is 1. The molecule has 0 aromatic heterocycles. The molecule has 0 saturated carbocycles. The van der Waals surface area contributed by atoms with Crippen LogP contribution >= 0.6 is 0 Å². The molecule has 0 amide bonds. The van der Waals surface area contributed by atoms with Crippen LogP contribution in [0.1, 0.15) is 34.3 Å². The Kier molecular flexibility index (Phi) is 5.09. The molecular formula is C18H19FO2. The Morgan fingerprint density at radius 2 is 1.81 bits per heavy atom. The third kappa shape index (κ3) is 4.42. The minimum absolute atomic E-state index is 0.0135. The fraction of sp³-hybridized carbons (Fsp3) is 0.278. The average Bonchev–Trinajstić information content (AvgIpc) is 2.47. The van der Waals surface area contributed by atoms with Crippen molar-refractivity contribution in [3.8, 4) is 5.75 Å². The van der Waals surface area contributed by atoms with E-state index in [-0.39, 0.29) is 11.6 Å². The van der Waals surface area contributed by atoms with Crippen LogP contribution in [0.5, 0.6) is 5.75 Å². The molecule has 0 saturated heterocycles. The van der Waals surface area contributed by atoms with Crippen LogP contribution in [0, 0.1) is 19.7 Å². The van der Waals surface area contributed by atoms with Crippen LogP contribution in [0.15, 0.2) is 42.5 Å². The summed E-state index contributed by atoms with van der Waals surface area (Å²) in [5.41, 5.74) is 2.78. The number of hydrogen-bond acceptors (Lipinski definition) is 2. The third-order valence-electron chi connectivity index (χ3n) is 3.32. The second-order valence-corrected chi connectivity index (χ2v) is 5.15. The van der Waals surface area contributed by atoms with Crippen molar-refractivity contribution in [1.29, 1.82) is 0 Å². The quantitative estimate of drug-likeness (QED) is 0.578. The lowest BCUT2D eigenvalue weighted by atomic mass is 10.1. The van der Waals surface area contributed by atoms with E-state index in [1.807, 2.05) is 32.0 Å². The second kappa shape index (κ2) is 7.02. The summed E-state index contributed by atoms with van der Waals surface area (Å²) in [5, 5.41) is 0. The molecule has 0 fully saturated rings. The third-order valence-corrected chi connectivity index (χ3v) is 3.32. The first-order valence-corrected chi connectivity index (χ1v) is 7.05. The monoisotopic (exact) mass is 286 g/mol. The Bertz CT molecular complexity index is 618. The molecule has 2 nitrogen and oxygen atoms in total. The lowest BCUT2D eigenvalue weighted by Gasteiger charge is -2.09. The van der Waals surface area contributed by atoms with E-state index in [4.69, 9.17) is 4.74 Å². The molecule has 3 heteroatoms. The van der Waals surface area contributed by atoms with E-state index in [0.717, 1.165) is 16.9 Å². The smallest absolute Gasteiger partial charge is 0.163 e. The van der Waals surface area contributed by atoms with Crippen molar-refractivity contribution >= 4 is 5.78 Å². The van der Waals surface area contributed by atoms with Crippen LogP contribution < -0.4 is 4.74 Å². The van der Waals surface area contributed by atoms with E-state index < -0.39 is 0 Å². The van der Waals surface area contributed by atoms with E-state index in [2.05, 4.69) is 0 Å². The summed E-state index contributed by atoms with van der Waals surface area (Å²) >= 11 is 0. The van der Waals surface area contributed by atoms with Gasteiger partial charge in [-0.1, -0.05) is 12.1 Å². The predicted molar refractivity (Wildman–Crippen MR) is 81.4 cm³/mol. The number of ketones is 1. The Morgan fingerprint density at radius 3 is 2.52 bits per heavy atom. The van der Waals surface area contributed by atoms with Gasteiger partial charge in [0.2, 0.25) is 0 Å². The fourth-order valence-corrected chi connectivity index (χ4v) is 2.06. The van der Waals surface area contributed by atoms with Gasteiger partial charge in [0.05, 0.1) is 6.61 Å². The van der Waals surface area contributed by atoms with Gasteiger partial charge in [-0.2, -0.15) is 0 Å². The SMILES string of the molecule is Cc1ccc(C)c(OCCCC(=O)c2ccc(F)cc2)c1. The highest BCUT2D eigenvalue weighted by atomic mass is 19.1. The second-order valence-electron chi connectivity index (χ2n) is 5.15. The summed E-state index contributed by atoms with van der Waals surface area (Å²) in [6.07, 6.45) is 1.04. The first-order chi connectivity index (χ1) is 10.1. The van der Waals surface area contributed by atoms with Gasteiger partial charge in [0.25, 0.3) is 0 Å². The number of halogens is 1. The molecular weight excluding hydrogens is 267 g/mol. The Labute approximate surface area is 124 Å². The van der Waals surface area contributed by atoms with Gasteiger partial charge in [-0.3, -0.25) is 4.79 Å². The maximum atomic E-state index is 12.8. The minimum atomic E-state index is -0.329. The lowest BCUT2D eigenvalue weighted by molar-refractivity contribution is 0.0973. The van der Waals surface area contributed by atoms with Gasteiger partial charge in [-0.25, -0.2) is 4.39 Å². The fourth-order valence-electron chi connectivity index (χ4n) is 2.06. The van der Waals surface area contributed by atoms with Gasteiger partial charge < -0.3 is 4.74 Å². The molecule has 0 aliphatic rings. The topological polar surface area (TPSA) is 26.3 Å². The van der Waals surface area contributed by atoms with E-state index in [0.29, 0.717) is 25.0 Å². The van der Waals surface area contributed by atoms with Crippen molar-refractivity contribution in [3.63, 3.8) is 0 Å². The summed E-state index contributed by atoms with van der Waals surface area (Å²) in [4.78, 5) is 11.9. The molecule has 0 spiro atoms. The van der Waals surface area contributed by atoms with Crippen molar-refractivity contribution < 1.29 is 13.9 Å². The number of aryl methyl sites for hydroxylation is 2. The number of benzene rings is 2. The van der Waals surface area contributed by atoms with Crippen molar-refractivity contribution in [3.05, 3.63) is 65.0 Å². The minimum Gasteiger partial charge on any atom is -0.493 e. The average molecular weight is 286 g/mol. The summed E-state index contributed by atoms with van der Waals surface area (Å²) in [6.45, 7) is 4.51. The Balaban J connectivity index is 1.80. The van der Waals surface area contributed by atoms with Gasteiger partial charge in [0.15, 0.2) is 5.78 Å². The van der Waals surface area contributed by atoms with Crippen LogP contribution in [0.3, 0.4) is 0 Å².